The fourth-order valence-electron chi connectivity index (χ4n) is 5.08. The maximum Gasteiger partial charge on any atom is 0.243 e. The van der Waals surface area contributed by atoms with E-state index >= 15 is 0 Å². The van der Waals surface area contributed by atoms with E-state index in [1.165, 1.54) is 0 Å². The van der Waals surface area contributed by atoms with Crippen LogP contribution in [0.15, 0.2) is 30.3 Å². The second-order valence-corrected chi connectivity index (χ2v) is 10.7. The molecule has 2 atom stereocenters. The van der Waals surface area contributed by atoms with Gasteiger partial charge in [0, 0.05) is 44.2 Å². The van der Waals surface area contributed by atoms with Crippen LogP contribution in [0.4, 0.5) is 0 Å². The van der Waals surface area contributed by atoms with Gasteiger partial charge in [-0.15, -0.1) is 0 Å². The van der Waals surface area contributed by atoms with Gasteiger partial charge in [0.05, 0.1) is 12.6 Å². The summed E-state index contributed by atoms with van der Waals surface area (Å²) in [5, 5.41) is 10.7. The van der Waals surface area contributed by atoms with E-state index in [-0.39, 0.29) is 36.0 Å². The number of amides is 3. The molecule has 3 heterocycles. The summed E-state index contributed by atoms with van der Waals surface area (Å²) in [6.45, 7) is 8.45. The number of nitrogens with one attached hydrogen (secondary N) is 2. The van der Waals surface area contributed by atoms with Gasteiger partial charge in [-0.25, -0.2) is 9.67 Å². The number of aromatic nitrogens is 3. The first kappa shape index (κ1) is 27.8. The van der Waals surface area contributed by atoms with Gasteiger partial charge in [-0.05, 0) is 38.5 Å². The molecule has 0 spiro atoms. The van der Waals surface area contributed by atoms with Crippen LogP contribution >= 0.6 is 0 Å². The lowest BCUT2D eigenvalue weighted by atomic mass is 9.98. The molecule has 0 aliphatic carbocycles. The Labute approximate surface area is 224 Å². The Hall–Kier alpha value is -3.27. The zero-order valence-corrected chi connectivity index (χ0v) is 22.7. The molecule has 0 radical (unpaired) electrons. The SMILES string of the molecule is CC(C)C[C@H]1NC(=O)CCCN(C(=O)C2CCOCC2)CCn2nc(-c3ccccc3)nc2[C@@H](C)NC1=O. The predicted molar refractivity (Wildman–Crippen MR) is 143 cm³/mol. The van der Waals surface area contributed by atoms with Gasteiger partial charge in [0.2, 0.25) is 17.7 Å². The fraction of sp³-hybridized carbons (Fsp3) is 0.607. The molecule has 3 amide bonds. The summed E-state index contributed by atoms with van der Waals surface area (Å²) in [5.41, 5.74) is 0.879. The van der Waals surface area contributed by atoms with Gasteiger partial charge in [-0.2, -0.15) is 5.10 Å². The molecule has 1 fully saturated rings. The minimum Gasteiger partial charge on any atom is -0.381 e. The lowest BCUT2D eigenvalue weighted by molar-refractivity contribution is -0.139. The highest BCUT2D eigenvalue weighted by Gasteiger charge is 2.29. The Morgan fingerprint density at radius 3 is 2.53 bits per heavy atom. The van der Waals surface area contributed by atoms with E-state index in [4.69, 9.17) is 14.8 Å². The van der Waals surface area contributed by atoms with E-state index in [0.29, 0.717) is 70.2 Å². The molecule has 38 heavy (non-hydrogen) atoms. The summed E-state index contributed by atoms with van der Waals surface area (Å²) >= 11 is 0. The Morgan fingerprint density at radius 2 is 1.82 bits per heavy atom. The van der Waals surface area contributed by atoms with E-state index < -0.39 is 12.1 Å². The number of hydrogen-bond donors (Lipinski definition) is 2. The van der Waals surface area contributed by atoms with Gasteiger partial charge in [0.25, 0.3) is 0 Å². The average Bonchev–Trinajstić information content (AvgIpc) is 3.34. The minimum atomic E-state index is -0.641. The summed E-state index contributed by atoms with van der Waals surface area (Å²) in [7, 11) is 0. The molecule has 1 saturated heterocycles. The molecule has 0 saturated carbocycles. The Balaban J connectivity index is 1.64. The van der Waals surface area contributed by atoms with Crippen molar-refractivity contribution in [2.45, 2.75) is 71.5 Å². The third kappa shape index (κ3) is 7.18. The molecule has 1 aromatic carbocycles. The summed E-state index contributed by atoms with van der Waals surface area (Å²) in [5.74, 6) is 1.03. The number of carbonyl (C=O) groups excluding carboxylic acids is 3. The fourth-order valence-corrected chi connectivity index (χ4v) is 5.08. The van der Waals surface area contributed by atoms with Crippen molar-refractivity contribution in [3.8, 4) is 11.4 Å². The van der Waals surface area contributed by atoms with Gasteiger partial charge in [-0.1, -0.05) is 44.2 Å². The quantitative estimate of drug-likeness (QED) is 0.635. The van der Waals surface area contributed by atoms with Crippen LogP contribution in [-0.4, -0.2) is 69.7 Å². The van der Waals surface area contributed by atoms with Crippen molar-refractivity contribution in [1.29, 1.82) is 0 Å². The highest BCUT2D eigenvalue weighted by Crippen LogP contribution is 2.21. The van der Waals surface area contributed by atoms with Crippen LogP contribution in [0.1, 0.15) is 64.7 Å². The highest BCUT2D eigenvalue weighted by molar-refractivity contribution is 5.87. The number of hydrogen-bond acceptors (Lipinski definition) is 6. The molecule has 1 aromatic heterocycles. The minimum absolute atomic E-state index is 0.0693. The van der Waals surface area contributed by atoms with Gasteiger partial charge in [-0.3, -0.25) is 14.4 Å². The molecule has 2 aliphatic heterocycles. The van der Waals surface area contributed by atoms with Crippen LogP contribution in [0.5, 0.6) is 0 Å². The first-order valence-corrected chi connectivity index (χ1v) is 13.8. The normalized spacial score (nSPS) is 22.4. The van der Waals surface area contributed by atoms with Crippen molar-refractivity contribution >= 4 is 17.7 Å². The lowest BCUT2D eigenvalue weighted by Gasteiger charge is -2.30. The smallest absolute Gasteiger partial charge is 0.243 e. The van der Waals surface area contributed by atoms with Gasteiger partial charge < -0.3 is 20.3 Å². The largest absolute Gasteiger partial charge is 0.381 e. The van der Waals surface area contributed by atoms with Crippen LogP contribution in [0.2, 0.25) is 0 Å². The maximum absolute atomic E-state index is 13.5. The summed E-state index contributed by atoms with van der Waals surface area (Å²) in [6, 6.07) is 8.62. The van der Waals surface area contributed by atoms with Crippen LogP contribution in [0.3, 0.4) is 0 Å². The van der Waals surface area contributed by atoms with Crippen LogP contribution < -0.4 is 10.6 Å². The molecule has 10 nitrogen and oxygen atoms in total. The molecule has 4 rings (SSSR count). The number of ether oxygens (including phenoxy) is 1. The van der Waals surface area contributed by atoms with E-state index in [1.54, 1.807) is 4.68 Å². The van der Waals surface area contributed by atoms with Crippen molar-refractivity contribution in [1.82, 2.24) is 30.3 Å². The van der Waals surface area contributed by atoms with Crippen molar-refractivity contribution in [2.24, 2.45) is 11.8 Å². The first-order valence-electron chi connectivity index (χ1n) is 13.8. The summed E-state index contributed by atoms with van der Waals surface area (Å²) in [4.78, 5) is 46.1. The molecule has 2 N–H and O–H groups in total. The first-order chi connectivity index (χ1) is 18.3. The summed E-state index contributed by atoms with van der Waals surface area (Å²) < 4.78 is 7.26. The topological polar surface area (TPSA) is 118 Å². The van der Waals surface area contributed by atoms with Gasteiger partial charge >= 0.3 is 0 Å². The zero-order chi connectivity index (χ0) is 27.1. The van der Waals surface area contributed by atoms with Crippen LogP contribution in [0.25, 0.3) is 11.4 Å². The molecule has 0 unspecified atom stereocenters. The number of rotatable bonds is 4. The van der Waals surface area contributed by atoms with Gasteiger partial charge in [0.1, 0.15) is 11.9 Å². The molecule has 10 heteroatoms. The molecule has 0 bridgehead atoms. The van der Waals surface area contributed by atoms with Crippen LogP contribution in [0, 0.1) is 11.8 Å². The van der Waals surface area contributed by atoms with Crippen molar-refractivity contribution in [3.05, 3.63) is 36.2 Å². The Kier molecular flexibility index (Phi) is 9.49. The number of fused-ring (bicyclic) bond motifs is 1. The van der Waals surface area contributed by atoms with Crippen molar-refractivity contribution in [3.63, 3.8) is 0 Å². The standard InChI is InChI=1S/C28H40N6O4/c1-19(2)18-23-27(36)29-20(3)26-31-25(21-8-5-4-6-9-21)32-34(26)15-14-33(13-7-10-24(35)30-23)28(37)22-11-16-38-17-12-22/h4-6,8-9,19-20,22-23H,7,10-18H2,1-3H3,(H,29,36)(H,30,35)/t20-,23-/m1/s1. The monoisotopic (exact) mass is 524 g/mol. The molecule has 2 aromatic rings. The number of carbonyl (C=O) groups is 3. The van der Waals surface area contributed by atoms with Crippen LogP contribution in [-0.2, 0) is 25.7 Å². The second-order valence-electron chi connectivity index (χ2n) is 10.7. The number of nitrogens with zero attached hydrogens (tertiary/aromatic N) is 4. The van der Waals surface area contributed by atoms with E-state index in [1.807, 2.05) is 56.0 Å². The molecule has 206 valence electrons. The van der Waals surface area contributed by atoms with Crippen molar-refractivity contribution < 1.29 is 19.1 Å². The van der Waals surface area contributed by atoms with Crippen molar-refractivity contribution in [2.75, 3.05) is 26.3 Å². The zero-order valence-electron chi connectivity index (χ0n) is 22.7. The molecular formula is C28H40N6O4. The third-order valence-corrected chi connectivity index (χ3v) is 7.13. The van der Waals surface area contributed by atoms with Gasteiger partial charge in [0.15, 0.2) is 5.82 Å². The highest BCUT2D eigenvalue weighted by atomic mass is 16.5. The molecule has 2 aliphatic rings. The second kappa shape index (κ2) is 13.0. The molecular weight excluding hydrogens is 484 g/mol. The van der Waals surface area contributed by atoms with E-state index in [2.05, 4.69) is 10.6 Å². The third-order valence-electron chi connectivity index (χ3n) is 7.13. The Morgan fingerprint density at radius 1 is 1.08 bits per heavy atom. The number of benzene rings is 1. The summed E-state index contributed by atoms with van der Waals surface area (Å²) in [6.07, 6.45) is 2.72. The average molecular weight is 525 g/mol. The lowest BCUT2D eigenvalue weighted by Crippen LogP contribution is -2.48. The van der Waals surface area contributed by atoms with E-state index in [0.717, 1.165) is 5.56 Å². The maximum atomic E-state index is 13.5. The predicted octanol–water partition coefficient (Wildman–Crippen LogP) is 2.70. The Bertz CT molecular complexity index is 1100. The van der Waals surface area contributed by atoms with E-state index in [9.17, 15) is 14.4 Å².